The fraction of sp³-hybridized carbons (Fsp3) is 0.190. The molecule has 0 bridgehead atoms. The maximum atomic E-state index is 12.8. The minimum absolute atomic E-state index is 0.126. The first-order valence-electron chi connectivity index (χ1n) is 9.04. The third-order valence-electron chi connectivity index (χ3n) is 4.62. The predicted molar refractivity (Wildman–Crippen MR) is 107 cm³/mol. The van der Waals surface area contributed by atoms with Crippen molar-refractivity contribution in [2.75, 3.05) is 19.0 Å². The van der Waals surface area contributed by atoms with Gasteiger partial charge in [-0.2, -0.15) is 5.10 Å². The minimum Gasteiger partial charge on any atom is -0.383 e. The summed E-state index contributed by atoms with van der Waals surface area (Å²) < 4.78 is 9.00. The molecule has 2 heterocycles. The third kappa shape index (κ3) is 3.79. The van der Waals surface area contributed by atoms with Crippen LogP contribution in [-0.2, 0) is 17.8 Å². The van der Waals surface area contributed by atoms with Crippen molar-refractivity contribution in [3.8, 4) is 0 Å². The van der Waals surface area contributed by atoms with Crippen LogP contribution in [0.4, 0.5) is 5.69 Å². The van der Waals surface area contributed by atoms with E-state index >= 15 is 0 Å². The number of benzene rings is 2. The molecule has 1 amide bonds. The van der Waals surface area contributed by atoms with Crippen molar-refractivity contribution >= 4 is 22.5 Å². The third-order valence-corrected chi connectivity index (χ3v) is 4.62. The lowest BCUT2D eigenvalue weighted by molar-refractivity contribution is 0.102. The Morgan fingerprint density at radius 2 is 2.00 bits per heavy atom. The Morgan fingerprint density at radius 3 is 2.75 bits per heavy atom. The van der Waals surface area contributed by atoms with E-state index in [0.29, 0.717) is 18.7 Å². The second kappa shape index (κ2) is 8.06. The van der Waals surface area contributed by atoms with Crippen LogP contribution in [0.3, 0.4) is 0 Å². The van der Waals surface area contributed by atoms with Gasteiger partial charge < -0.3 is 14.6 Å². The summed E-state index contributed by atoms with van der Waals surface area (Å²) in [4.78, 5) is 16.8. The van der Waals surface area contributed by atoms with Crippen molar-refractivity contribution < 1.29 is 9.53 Å². The molecule has 4 rings (SSSR count). The number of amides is 1. The fourth-order valence-electron chi connectivity index (χ4n) is 3.20. The molecule has 0 unspecified atom stereocenters. The largest absolute Gasteiger partial charge is 0.383 e. The summed E-state index contributed by atoms with van der Waals surface area (Å²) in [5.74, 6) is -0.126. The second-order valence-electron chi connectivity index (χ2n) is 6.48. The molecule has 28 heavy (non-hydrogen) atoms. The van der Waals surface area contributed by atoms with Crippen LogP contribution in [0, 0.1) is 0 Å². The molecule has 7 nitrogen and oxygen atoms in total. The average Bonchev–Trinajstić information content (AvgIpc) is 3.37. The summed E-state index contributed by atoms with van der Waals surface area (Å²) in [6.07, 6.45) is 5.17. The van der Waals surface area contributed by atoms with Gasteiger partial charge in [-0.15, -0.1) is 0 Å². The number of carbonyl (C=O) groups is 1. The van der Waals surface area contributed by atoms with Gasteiger partial charge >= 0.3 is 0 Å². The molecule has 0 spiro atoms. The highest BCUT2D eigenvalue weighted by atomic mass is 16.5. The van der Waals surface area contributed by atoms with E-state index in [0.717, 1.165) is 28.7 Å². The Labute approximate surface area is 162 Å². The molecular formula is C21H21N5O2. The number of aromatic nitrogens is 4. The maximum Gasteiger partial charge on any atom is 0.256 e. The van der Waals surface area contributed by atoms with E-state index in [1.165, 1.54) is 6.33 Å². The molecule has 0 radical (unpaired) electrons. The van der Waals surface area contributed by atoms with Crippen LogP contribution < -0.4 is 5.32 Å². The number of nitrogens with zero attached hydrogens (tertiary/aromatic N) is 4. The SMILES string of the molecule is COCCn1ccc2c(C(=O)Nc3ccc(Cn4cncn4)cc3)cccc21. The number of ether oxygens (including phenoxy) is 1. The van der Waals surface area contributed by atoms with Gasteiger partial charge in [-0.25, -0.2) is 9.67 Å². The van der Waals surface area contributed by atoms with Crippen LogP contribution in [0.25, 0.3) is 10.9 Å². The van der Waals surface area contributed by atoms with E-state index in [4.69, 9.17) is 4.74 Å². The van der Waals surface area contributed by atoms with Crippen LogP contribution in [0.15, 0.2) is 67.4 Å². The molecule has 0 saturated heterocycles. The normalized spacial score (nSPS) is 11.0. The zero-order chi connectivity index (χ0) is 19.3. The number of hydrogen-bond donors (Lipinski definition) is 1. The smallest absolute Gasteiger partial charge is 0.256 e. The monoisotopic (exact) mass is 375 g/mol. The summed E-state index contributed by atoms with van der Waals surface area (Å²) in [5, 5.41) is 8.01. The molecule has 2 aromatic carbocycles. The molecule has 2 aromatic heterocycles. The number of hydrogen-bond acceptors (Lipinski definition) is 4. The van der Waals surface area contributed by atoms with Crippen molar-refractivity contribution in [3.63, 3.8) is 0 Å². The Kier molecular flexibility index (Phi) is 5.16. The number of carbonyl (C=O) groups excluding carboxylic acids is 1. The zero-order valence-electron chi connectivity index (χ0n) is 15.6. The van der Waals surface area contributed by atoms with Gasteiger partial charge in [-0.1, -0.05) is 18.2 Å². The highest BCUT2D eigenvalue weighted by molar-refractivity contribution is 6.12. The number of rotatable bonds is 7. The van der Waals surface area contributed by atoms with E-state index < -0.39 is 0 Å². The van der Waals surface area contributed by atoms with E-state index in [9.17, 15) is 4.79 Å². The van der Waals surface area contributed by atoms with Crippen molar-refractivity contribution in [1.82, 2.24) is 19.3 Å². The molecule has 142 valence electrons. The first-order valence-corrected chi connectivity index (χ1v) is 9.04. The highest BCUT2D eigenvalue weighted by Gasteiger charge is 2.12. The second-order valence-corrected chi connectivity index (χ2v) is 6.48. The van der Waals surface area contributed by atoms with E-state index in [1.54, 1.807) is 18.1 Å². The molecule has 0 aliphatic rings. The number of anilines is 1. The van der Waals surface area contributed by atoms with Gasteiger partial charge in [0.1, 0.15) is 12.7 Å². The summed E-state index contributed by atoms with van der Waals surface area (Å²) in [6, 6.07) is 15.5. The molecule has 0 aliphatic heterocycles. The number of fused-ring (bicyclic) bond motifs is 1. The molecule has 0 saturated carbocycles. The van der Waals surface area contributed by atoms with Crippen molar-refractivity contribution in [1.29, 1.82) is 0 Å². The van der Waals surface area contributed by atoms with Gasteiger partial charge in [0.2, 0.25) is 0 Å². The Morgan fingerprint density at radius 1 is 1.14 bits per heavy atom. The van der Waals surface area contributed by atoms with Crippen LogP contribution in [0.1, 0.15) is 15.9 Å². The van der Waals surface area contributed by atoms with Gasteiger partial charge in [0.15, 0.2) is 0 Å². The van der Waals surface area contributed by atoms with Crippen LogP contribution >= 0.6 is 0 Å². The summed E-state index contributed by atoms with van der Waals surface area (Å²) in [7, 11) is 1.68. The predicted octanol–water partition coefficient (Wildman–Crippen LogP) is 3.18. The van der Waals surface area contributed by atoms with Gasteiger partial charge in [0.25, 0.3) is 5.91 Å². The van der Waals surface area contributed by atoms with Gasteiger partial charge in [0, 0.05) is 42.0 Å². The van der Waals surface area contributed by atoms with E-state index in [-0.39, 0.29) is 5.91 Å². The van der Waals surface area contributed by atoms with E-state index in [1.807, 2.05) is 54.7 Å². The molecule has 0 atom stereocenters. The molecule has 7 heteroatoms. The Bertz CT molecular complexity index is 1070. The first-order chi connectivity index (χ1) is 13.7. The molecule has 0 fully saturated rings. The molecule has 1 N–H and O–H groups in total. The van der Waals surface area contributed by atoms with Crippen molar-refractivity contribution in [3.05, 3.63) is 78.5 Å². The lowest BCUT2D eigenvalue weighted by Gasteiger charge is -2.09. The van der Waals surface area contributed by atoms with Crippen molar-refractivity contribution in [2.45, 2.75) is 13.1 Å². The number of methoxy groups -OCH3 is 1. The summed E-state index contributed by atoms with van der Waals surface area (Å²) >= 11 is 0. The average molecular weight is 375 g/mol. The number of nitrogens with one attached hydrogen (secondary N) is 1. The molecular weight excluding hydrogens is 354 g/mol. The minimum atomic E-state index is -0.126. The van der Waals surface area contributed by atoms with Gasteiger partial charge in [-0.05, 0) is 35.9 Å². The fourth-order valence-corrected chi connectivity index (χ4v) is 3.20. The lowest BCUT2D eigenvalue weighted by atomic mass is 10.1. The Hall–Kier alpha value is -3.45. The molecule has 0 aliphatic carbocycles. The van der Waals surface area contributed by atoms with Crippen LogP contribution in [0.5, 0.6) is 0 Å². The summed E-state index contributed by atoms with van der Waals surface area (Å²) in [6.45, 7) is 2.02. The topological polar surface area (TPSA) is 74.0 Å². The van der Waals surface area contributed by atoms with Crippen molar-refractivity contribution in [2.24, 2.45) is 0 Å². The van der Waals surface area contributed by atoms with Crippen LogP contribution in [-0.4, -0.2) is 39.0 Å². The van der Waals surface area contributed by atoms with Crippen LogP contribution in [0.2, 0.25) is 0 Å². The standard InChI is InChI=1S/C21H21N5O2/c1-28-12-11-25-10-9-18-19(3-2-4-20(18)25)21(27)24-17-7-5-16(6-8-17)13-26-15-22-14-23-26/h2-10,14-15H,11-13H2,1H3,(H,24,27). The Balaban J connectivity index is 1.49. The van der Waals surface area contributed by atoms with Gasteiger partial charge in [-0.3, -0.25) is 4.79 Å². The zero-order valence-corrected chi connectivity index (χ0v) is 15.6. The van der Waals surface area contributed by atoms with Gasteiger partial charge in [0.05, 0.1) is 13.2 Å². The highest BCUT2D eigenvalue weighted by Crippen LogP contribution is 2.22. The molecule has 4 aromatic rings. The quantitative estimate of drug-likeness (QED) is 0.538. The summed E-state index contributed by atoms with van der Waals surface area (Å²) in [5.41, 5.74) is 3.51. The first kappa shape index (κ1) is 17.9. The maximum absolute atomic E-state index is 12.8. The lowest BCUT2D eigenvalue weighted by Crippen LogP contribution is -2.12. The van der Waals surface area contributed by atoms with E-state index in [2.05, 4.69) is 20.0 Å².